The number of rotatable bonds is 9. The minimum atomic E-state index is -1.20. The Hall–Kier alpha value is -4.01. The maximum atomic E-state index is 14.8. The van der Waals surface area contributed by atoms with Crippen LogP contribution in [0.1, 0.15) is 53.4 Å². The van der Waals surface area contributed by atoms with Crippen molar-refractivity contribution in [3.8, 4) is 17.2 Å². The van der Waals surface area contributed by atoms with Gasteiger partial charge in [0.25, 0.3) is 5.91 Å². The van der Waals surface area contributed by atoms with E-state index in [1.807, 2.05) is 0 Å². The molecule has 1 N–H and O–H groups in total. The molecular weight excluding hydrogens is 479 g/mol. The molecule has 1 atom stereocenters. The highest BCUT2D eigenvalue weighted by molar-refractivity contribution is 6.08. The van der Waals surface area contributed by atoms with Crippen molar-refractivity contribution < 1.29 is 32.6 Å². The van der Waals surface area contributed by atoms with Crippen molar-refractivity contribution in [3.05, 3.63) is 71.4 Å². The van der Waals surface area contributed by atoms with Crippen LogP contribution in [-0.2, 0) is 4.79 Å². The average Bonchev–Trinajstić information content (AvgIpc) is 3.62. The Bertz CT molecular complexity index is 1230. The molecule has 0 saturated heterocycles. The molecule has 1 saturated carbocycles. The molecule has 0 aliphatic heterocycles. The lowest BCUT2D eigenvalue weighted by atomic mass is 10.00. The van der Waals surface area contributed by atoms with Crippen LogP contribution in [0.15, 0.2) is 53.1 Å². The largest absolute Gasteiger partial charge is 0.493 e. The number of benzene rings is 2. The van der Waals surface area contributed by atoms with Gasteiger partial charge in [-0.2, -0.15) is 0 Å². The van der Waals surface area contributed by atoms with Gasteiger partial charge in [-0.3, -0.25) is 14.5 Å². The van der Waals surface area contributed by atoms with E-state index in [0.717, 1.165) is 25.7 Å². The van der Waals surface area contributed by atoms with Gasteiger partial charge in [-0.15, -0.1) is 0 Å². The number of anilines is 1. The molecule has 8 nitrogen and oxygen atoms in total. The fourth-order valence-electron chi connectivity index (χ4n) is 4.66. The topological polar surface area (TPSA) is 90.2 Å². The number of furan rings is 1. The Morgan fingerprint density at radius 1 is 1.03 bits per heavy atom. The number of amides is 2. The number of nitrogens with zero attached hydrogens (tertiary/aromatic N) is 1. The molecule has 0 unspecified atom stereocenters. The highest BCUT2D eigenvalue weighted by atomic mass is 19.1. The fraction of sp³-hybridized carbons (Fsp3) is 0.357. The predicted molar refractivity (Wildman–Crippen MR) is 136 cm³/mol. The number of carbonyl (C=O) groups excluding carboxylic acids is 2. The summed E-state index contributed by atoms with van der Waals surface area (Å²) in [5, 5.41) is 3.09. The van der Waals surface area contributed by atoms with Crippen LogP contribution in [0.4, 0.5) is 10.1 Å². The maximum absolute atomic E-state index is 14.8. The van der Waals surface area contributed by atoms with Gasteiger partial charge >= 0.3 is 0 Å². The van der Waals surface area contributed by atoms with E-state index in [2.05, 4.69) is 5.32 Å². The molecule has 9 heteroatoms. The third-order valence-corrected chi connectivity index (χ3v) is 6.60. The Labute approximate surface area is 215 Å². The molecule has 1 aromatic heterocycles. The molecule has 2 amide bonds. The van der Waals surface area contributed by atoms with E-state index in [0.29, 0.717) is 28.4 Å². The summed E-state index contributed by atoms with van der Waals surface area (Å²) in [4.78, 5) is 29.0. The highest BCUT2D eigenvalue weighted by Gasteiger charge is 2.37. The van der Waals surface area contributed by atoms with Gasteiger partial charge < -0.3 is 23.9 Å². The molecule has 196 valence electrons. The minimum Gasteiger partial charge on any atom is -0.493 e. The van der Waals surface area contributed by atoms with Gasteiger partial charge in [0, 0.05) is 11.7 Å². The van der Waals surface area contributed by atoms with Crippen molar-refractivity contribution >= 4 is 17.5 Å². The van der Waals surface area contributed by atoms with E-state index < -0.39 is 23.7 Å². The minimum absolute atomic E-state index is 0.00657. The van der Waals surface area contributed by atoms with Crippen molar-refractivity contribution in [1.82, 2.24) is 5.32 Å². The summed E-state index contributed by atoms with van der Waals surface area (Å²) in [6.45, 7) is 1.63. The van der Waals surface area contributed by atoms with E-state index in [1.54, 1.807) is 37.3 Å². The summed E-state index contributed by atoms with van der Waals surface area (Å²) >= 11 is 0. The zero-order valence-electron chi connectivity index (χ0n) is 21.4. The van der Waals surface area contributed by atoms with Crippen LogP contribution in [0, 0.1) is 12.7 Å². The first-order valence-corrected chi connectivity index (χ1v) is 12.1. The number of aryl methyl sites for hydroxylation is 1. The second-order valence-electron chi connectivity index (χ2n) is 8.94. The van der Waals surface area contributed by atoms with Gasteiger partial charge in [0.2, 0.25) is 11.7 Å². The molecule has 1 heterocycles. The van der Waals surface area contributed by atoms with Gasteiger partial charge in [-0.05, 0) is 67.3 Å². The van der Waals surface area contributed by atoms with Crippen LogP contribution in [-0.4, -0.2) is 39.2 Å². The number of nitrogens with one attached hydrogen (secondary N) is 1. The second kappa shape index (κ2) is 11.4. The summed E-state index contributed by atoms with van der Waals surface area (Å²) in [5.74, 6) is -0.543. The molecule has 0 spiro atoms. The normalized spacial score (nSPS) is 14.2. The molecule has 37 heavy (non-hydrogen) atoms. The molecule has 0 bridgehead atoms. The SMILES string of the molecule is COc1cc([C@H](C(=O)NC2CCCC2)N(C(=O)c2ccco2)c2ccc(C)c(F)c2)cc(OC)c1OC. The molecule has 0 radical (unpaired) electrons. The van der Waals surface area contributed by atoms with E-state index in [-0.39, 0.29) is 17.5 Å². The van der Waals surface area contributed by atoms with Crippen molar-refractivity contribution in [2.24, 2.45) is 0 Å². The summed E-state index contributed by atoms with van der Waals surface area (Å²) in [6.07, 6.45) is 5.09. The Morgan fingerprint density at radius 2 is 1.70 bits per heavy atom. The van der Waals surface area contributed by atoms with Crippen LogP contribution in [0.3, 0.4) is 0 Å². The van der Waals surface area contributed by atoms with Gasteiger partial charge in [-0.1, -0.05) is 18.9 Å². The molecule has 4 rings (SSSR count). The maximum Gasteiger partial charge on any atom is 0.294 e. The average molecular weight is 511 g/mol. The zero-order valence-corrected chi connectivity index (χ0v) is 21.4. The number of ether oxygens (including phenoxy) is 3. The van der Waals surface area contributed by atoms with Gasteiger partial charge in [0.1, 0.15) is 11.9 Å². The first kappa shape index (κ1) is 26.1. The summed E-state index contributed by atoms with van der Waals surface area (Å²) in [7, 11) is 4.41. The Morgan fingerprint density at radius 3 is 2.24 bits per heavy atom. The Balaban J connectivity index is 1.92. The zero-order chi connectivity index (χ0) is 26.5. The van der Waals surface area contributed by atoms with Crippen LogP contribution in [0.5, 0.6) is 17.2 Å². The third-order valence-electron chi connectivity index (χ3n) is 6.60. The van der Waals surface area contributed by atoms with E-state index in [1.165, 1.54) is 44.6 Å². The molecule has 1 fully saturated rings. The van der Waals surface area contributed by atoms with Gasteiger partial charge in [-0.25, -0.2) is 4.39 Å². The van der Waals surface area contributed by atoms with E-state index in [4.69, 9.17) is 18.6 Å². The first-order valence-electron chi connectivity index (χ1n) is 12.1. The molecule has 3 aromatic rings. The van der Waals surface area contributed by atoms with E-state index >= 15 is 0 Å². The molecule has 1 aliphatic carbocycles. The number of hydrogen-bond donors (Lipinski definition) is 1. The van der Waals surface area contributed by atoms with E-state index in [9.17, 15) is 14.0 Å². The number of methoxy groups -OCH3 is 3. The molecule has 1 aliphatic rings. The van der Waals surface area contributed by atoms with Crippen LogP contribution < -0.4 is 24.4 Å². The molecular formula is C28H31FN2O6. The first-order chi connectivity index (χ1) is 17.9. The summed E-state index contributed by atoms with van der Waals surface area (Å²) < 4.78 is 36.6. The van der Waals surface area contributed by atoms with Gasteiger partial charge in [0.15, 0.2) is 17.3 Å². The number of hydrogen-bond acceptors (Lipinski definition) is 6. The molecule has 2 aromatic carbocycles. The highest BCUT2D eigenvalue weighted by Crippen LogP contribution is 2.42. The summed E-state index contributed by atoms with van der Waals surface area (Å²) in [6, 6.07) is 9.50. The smallest absolute Gasteiger partial charge is 0.294 e. The van der Waals surface area contributed by atoms with Crippen molar-refractivity contribution in [3.63, 3.8) is 0 Å². The third kappa shape index (κ3) is 5.40. The lowest BCUT2D eigenvalue weighted by molar-refractivity contribution is -0.123. The van der Waals surface area contributed by atoms with Gasteiger partial charge in [0.05, 0.1) is 27.6 Å². The predicted octanol–water partition coefficient (Wildman–Crippen LogP) is 5.20. The lowest BCUT2D eigenvalue weighted by Gasteiger charge is -2.32. The number of carbonyl (C=O) groups is 2. The van der Waals surface area contributed by atoms with Crippen LogP contribution >= 0.6 is 0 Å². The van der Waals surface area contributed by atoms with Crippen molar-refractivity contribution in [2.75, 3.05) is 26.2 Å². The van der Waals surface area contributed by atoms with Crippen LogP contribution in [0.25, 0.3) is 0 Å². The van der Waals surface area contributed by atoms with Crippen molar-refractivity contribution in [2.45, 2.75) is 44.7 Å². The Kier molecular flexibility index (Phi) is 8.01. The standard InChI is InChI=1S/C28H31FN2O6/c1-17-11-12-20(16-21(17)29)31(28(33)22-10-7-13-37-22)25(27(32)30-19-8-5-6-9-19)18-14-23(34-2)26(36-4)24(15-18)35-3/h7,10-16,19,25H,5-6,8-9H2,1-4H3,(H,30,32)/t25-/m1/s1. The second-order valence-corrected chi connectivity index (χ2v) is 8.94. The van der Waals surface area contributed by atoms with Crippen LogP contribution in [0.2, 0.25) is 0 Å². The number of halogens is 1. The fourth-order valence-corrected chi connectivity index (χ4v) is 4.66. The summed E-state index contributed by atoms with van der Waals surface area (Å²) in [5.41, 5.74) is 1.00. The quantitative estimate of drug-likeness (QED) is 0.426. The van der Waals surface area contributed by atoms with Crippen molar-refractivity contribution in [1.29, 1.82) is 0 Å². The lowest BCUT2D eigenvalue weighted by Crippen LogP contribution is -2.46. The monoisotopic (exact) mass is 510 g/mol.